The molecule has 0 amide bonds. The van der Waals surface area contributed by atoms with Crippen LogP contribution in [0.25, 0.3) is 0 Å². The predicted octanol–water partition coefficient (Wildman–Crippen LogP) is 1.95. The Morgan fingerprint density at radius 1 is 1.42 bits per heavy atom. The third kappa shape index (κ3) is 3.16. The van der Waals surface area contributed by atoms with Crippen molar-refractivity contribution >= 4 is 10.0 Å². The first kappa shape index (κ1) is 14.5. The number of benzene rings is 1. The minimum atomic E-state index is -3.51. The van der Waals surface area contributed by atoms with Crippen LogP contribution in [0.3, 0.4) is 0 Å². The normalized spacial score (nSPS) is 18.1. The van der Waals surface area contributed by atoms with E-state index in [4.69, 9.17) is 5.11 Å². The second-order valence-corrected chi connectivity index (χ2v) is 7.04. The number of hydrogen-bond acceptors (Lipinski definition) is 3. The molecule has 106 valence electrons. The van der Waals surface area contributed by atoms with Crippen molar-refractivity contribution in [3.63, 3.8) is 0 Å². The molecular formula is C14H21NO3S. The Morgan fingerprint density at radius 2 is 2.11 bits per heavy atom. The van der Waals surface area contributed by atoms with Crippen LogP contribution < -0.4 is 4.72 Å². The molecule has 1 aliphatic rings. The van der Waals surface area contributed by atoms with Gasteiger partial charge in [-0.25, -0.2) is 13.1 Å². The molecule has 1 aromatic rings. The summed E-state index contributed by atoms with van der Waals surface area (Å²) in [5, 5.41) is 9.12. The van der Waals surface area contributed by atoms with Gasteiger partial charge in [-0.05, 0) is 49.8 Å². The monoisotopic (exact) mass is 283 g/mol. The van der Waals surface area contributed by atoms with Gasteiger partial charge in [0.1, 0.15) is 0 Å². The standard InChI is InChI=1S/C14H21NO3S/c1-10-6-7-12(9-16)8-14(10)19(17,18)15-11(2)13-4-3-5-13/h6-8,11,13,15-16H,3-5,9H2,1-2H3. The van der Waals surface area contributed by atoms with E-state index in [1.165, 1.54) is 6.42 Å². The molecule has 1 atom stereocenters. The lowest BCUT2D eigenvalue weighted by atomic mass is 9.81. The molecule has 0 aromatic heterocycles. The highest BCUT2D eigenvalue weighted by atomic mass is 32.2. The van der Waals surface area contributed by atoms with Gasteiger partial charge in [0.05, 0.1) is 11.5 Å². The van der Waals surface area contributed by atoms with Gasteiger partial charge in [-0.3, -0.25) is 0 Å². The van der Waals surface area contributed by atoms with Gasteiger partial charge in [0.25, 0.3) is 0 Å². The van der Waals surface area contributed by atoms with E-state index in [0.717, 1.165) is 12.8 Å². The Balaban J connectivity index is 2.23. The van der Waals surface area contributed by atoms with Crippen LogP contribution in [0.1, 0.15) is 37.3 Å². The van der Waals surface area contributed by atoms with Crippen LogP contribution in [0.4, 0.5) is 0 Å². The summed E-state index contributed by atoms with van der Waals surface area (Å²) in [7, 11) is -3.51. The highest BCUT2D eigenvalue weighted by molar-refractivity contribution is 7.89. The molecule has 1 fully saturated rings. The molecule has 2 N–H and O–H groups in total. The maximum Gasteiger partial charge on any atom is 0.241 e. The smallest absolute Gasteiger partial charge is 0.241 e. The van der Waals surface area contributed by atoms with Gasteiger partial charge in [-0.2, -0.15) is 0 Å². The van der Waals surface area contributed by atoms with E-state index in [9.17, 15) is 8.42 Å². The fraction of sp³-hybridized carbons (Fsp3) is 0.571. The number of aliphatic hydroxyl groups is 1. The average molecular weight is 283 g/mol. The Hall–Kier alpha value is -0.910. The van der Waals surface area contributed by atoms with Crippen LogP contribution >= 0.6 is 0 Å². The first-order valence-electron chi connectivity index (χ1n) is 6.67. The maximum atomic E-state index is 12.4. The molecule has 5 heteroatoms. The molecule has 0 heterocycles. The van der Waals surface area contributed by atoms with Gasteiger partial charge in [0.15, 0.2) is 0 Å². The van der Waals surface area contributed by atoms with Crippen molar-refractivity contribution in [2.45, 2.75) is 50.7 Å². The third-order valence-electron chi connectivity index (χ3n) is 3.92. The number of hydrogen-bond donors (Lipinski definition) is 2. The van der Waals surface area contributed by atoms with Crippen molar-refractivity contribution in [2.75, 3.05) is 0 Å². The third-order valence-corrected chi connectivity index (χ3v) is 5.62. The van der Waals surface area contributed by atoms with Crippen molar-refractivity contribution in [2.24, 2.45) is 5.92 Å². The molecule has 1 saturated carbocycles. The van der Waals surface area contributed by atoms with Gasteiger partial charge >= 0.3 is 0 Å². The molecule has 1 aromatic carbocycles. The summed E-state index contributed by atoms with van der Waals surface area (Å²) in [4.78, 5) is 0.269. The van der Waals surface area contributed by atoms with E-state index < -0.39 is 10.0 Å². The van der Waals surface area contributed by atoms with E-state index in [1.807, 2.05) is 6.92 Å². The second-order valence-electron chi connectivity index (χ2n) is 5.36. The molecule has 0 saturated heterocycles. The van der Waals surface area contributed by atoms with E-state index in [1.54, 1.807) is 25.1 Å². The van der Waals surface area contributed by atoms with Crippen molar-refractivity contribution in [3.05, 3.63) is 29.3 Å². The van der Waals surface area contributed by atoms with Gasteiger partial charge in [0, 0.05) is 6.04 Å². The van der Waals surface area contributed by atoms with E-state index in [2.05, 4.69) is 4.72 Å². The molecule has 0 aliphatic heterocycles. The summed E-state index contributed by atoms with van der Waals surface area (Å²) in [6.07, 6.45) is 3.38. The number of nitrogens with one attached hydrogen (secondary N) is 1. The average Bonchev–Trinajstić information content (AvgIpc) is 2.26. The van der Waals surface area contributed by atoms with Crippen LogP contribution in [0.2, 0.25) is 0 Å². The van der Waals surface area contributed by atoms with Crippen molar-refractivity contribution in [3.8, 4) is 0 Å². The fourth-order valence-corrected chi connectivity index (χ4v) is 3.98. The Labute approximate surface area is 114 Å². The first-order valence-corrected chi connectivity index (χ1v) is 8.15. The van der Waals surface area contributed by atoms with E-state index >= 15 is 0 Å². The minimum absolute atomic E-state index is 0.0315. The minimum Gasteiger partial charge on any atom is -0.392 e. The fourth-order valence-electron chi connectivity index (χ4n) is 2.38. The molecule has 0 spiro atoms. The van der Waals surface area contributed by atoms with Crippen LogP contribution in [0, 0.1) is 12.8 Å². The number of aliphatic hydroxyl groups excluding tert-OH is 1. The summed E-state index contributed by atoms with van der Waals surface area (Å²) in [6, 6.07) is 4.99. The van der Waals surface area contributed by atoms with Crippen molar-refractivity contribution in [1.29, 1.82) is 0 Å². The predicted molar refractivity (Wildman–Crippen MR) is 74.2 cm³/mol. The van der Waals surface area contributed by atoms with E-state index in [-0.39, 0.29) is 17.5 Å². The first-order chi connectivity index (χ1) is 8.94. The van der Waals surface area contributed by atoms with Crippen molar-refractivity contribution < 1.29 is 13.5 Å². The topological polar surface area (TPSA) is 66.4 Å². The summed E-state index contributed by atoms with van der Waals surface area (Å²) in [5.41, 5.74) is 1.31. The zero-order chi connectivity index (χ0) is 14.0. The molecule has 1 unspecified atom stereocenters. The SMILES string of the molecule is Cc1ccc(CO)cc1S(=O)(=O)NC(C)C1CCC1. The Morgan fingerprint density at radius 3 is 2.63 bits per heavy atom. The molecule has 4 nitrogen and oxygen atoms in total. The quantitative estimate of drug-likeness (QED) is 0.868. The van der Waals surface area contributed by atoms with Crippen LogP contribution in [-0.4, -0.2) is 19.6 Å². The lowest BCUT2D eigenvalue weighted by Crippen LogP contribution is -2.40. The second kappa shape index (κ2) is 5.61. The molecule has 19 heavy (non-hydrogen) atoms. The molecular weight excluding hydrogens is 262 g/mol. The van der Waals surface area contributed by atoms with E-state index in [0.29, 0.717) is 17.0 Å². The number of rotatable bonds is 5. The summed E-state index contributed by atoms with van der Waals surface area (Å²) >= 11 is 0. The lowest BCUT2D eigenvalue weighted by Gasteiger charge is -2.31. The molecule has 1 aliphatic carbocycles. The van der Waals surface area contributed by atoms with Gasteiger partial charge < -0.3 is 5.11 Å². The van der Waals surface area contributed by atoms with Gasteiger partial charge in [-0.1, -0.05) is 18.6 Å². The number of aryl methyl sites for hydroxylation is 1. The Kier molecular flexibility index (Phi) is 4.28. The summed E-state index contributed by atoms with van der Waals surface area (Å²) < 4.78 is 27.5. The molecule has 0 radical (unpaired) electrons. The van der Waals surface area contributed by atoms with Crippen molar-refractivity contribution in [1.82, 2.24) is 4.72 Å². The van der Waals surface area contributed by atoms with Crippen LogP contribution in [-0.2, 0) is 16.6 Å². The van der Waals surface area contributed by atoms with Gasteiger partial charge in [-0.15, -0.1) is 0 Å². The van der Waals surface area contributed by atoms with Crippen LogP contribution in [0.5, 0.6) is 0 Å². The largest absolute Gasteiger partial charge is 0.392 e. The van der Waals surface area contributed by atoms with Crippen LogP contribution in [0.15, 0.2) is 23.1 Å². The highest BCUT2D eigenvalue weighted by Crippen LogP contribution is 2.30. The maximum absolute atomic E-state index is 12.4. The summed E-state index contributed by atoms with van der Waals surface area (Å²) in [6.45, 7) is 3.54. The zero-order valence-electron chi connectivity index (χ0n) is 11.4. The number of sulfonamides is 1. The summed E-state index contributed by atoms with van der Waals surface area (Å²) in [5.74, 6) is 0.455. The van der Waals surface area contributed by atoms with Gasteiger partial charge in [0.2, 0.25) is 10.0 Å². The zero-order valence-corrected chi connectivity index (χ0v) is 12.2. The molecule has 0 bridgehead atoms. The molecule has 2 rings (SSSR count). The Bertz CT molecular complexity index is 550. The highest BCUT2D eigenvalue weighted by Gasteiger charge is 2.28. The lowest BCUT2D eigenvalue weighted by molar-refractivity contribution is 0.260.